The van der Waals surface area contributed by atoms with Crippen molar-refractivity contribution in [2.45, 2.75) is 0 Å². The number of hydrogen-bond acceptors (Lipinski definition) is 6. The van der Waals surface area contributed by atoms with E-state index < -0.39 is 0 Å². The molecule has 0 aliphatic rings. The van der Waals surface area contributed by atoms with E-state index in [-0.39, 0.29) is 6.01 Å². The van der Waals surface area contributed by atoms with Gasteiger partial charge in [0.1, 0.15) is 0 Å². The smallest absolute Gasteiger partial charge is 0.321 e. The lowest BCUT2D eigenvalue weighted by molar-refractivity contribution is 0.379. The highest BCUT2D eigenvalue weighted by molar-refractivity contribution is 5.47. The van der Waals surface area contributed by atoms with Crippen molar-refractivity contribution in [2.75, 3.05) is 19.5 Å². The molecule has 7 nitrogen and oxygen atoms in total. The SMILES string of the molecule is CNc1nc(OC)nc(-c2nccn2C)n1. The lowest BCUT2D eigenvalue weighted by atomic mass is 10.5. The largest absolute Gasteiger partial charge is 0.467 e. The molecule has 0 aliphatic heterocycles. The fourth-order valence-electron chi connectivity index (χ4n) is 1.24. The number of imidazole rings is 1. The zero-order chi connectivity index (χ0) is 11.5. The third-order valence-electron chi connectivity index (χ3n) is 2.04. The Morgan fingerprint density at radius 2 is 2.12 bits per heavy atom. The van der Waals surface area contributed by atoms with Crippen molar-refractivity contribution >= 4 is 5.95 Å². The molecule has 0 spiro atoms. The standard InChI is InChI=1S/C9H12N6O/c1-10-8-12-6(13-9(14-8)16-3)7-11-4-5-15(7)2/h4-5H,1-3H3,(H,10,12,13,14). The van der Waals surface area contributed by atoms with E-state index in [9.17, 15) is 0 Å². The highest BCUT2D eigenvalue weighted by Gasteiger charge is 2.11. The summed E-state index contributed by atoms with van der Waals surface area (Å²) in [5, 5.41) is 2.84. The molecular formula is C9H12N6O. The molecule has 0 bridgehead atoms. The summed E-state index contributed by atoms with van der Waals surface area (Å²) >= 11 is 0. The Labute approximate surface area is 92.5 Å². The van der Waals surface area contributed by atoms with Crippen molar-refractivity contribution in [3.8, 4) is 17.7 Å². The van der Waals surface area contributed by atoms with E-state index in [4.69, 9.17) is 4.74 Å². The van der Waals surface area contributed by atoms with Crippen LogP contribution in [0.15, 0.2) is 12.4 Å². The van der Waals surface area contributed by atoms with E-state index in [0.717, 1.165) is 0 Å². The normalized spacial score (nSPS) is 10.2. The molecule has 0 fully saturated rings. The maximum Gasteiger partial charge on any atom is 0.321 e. The summed E-state index contributed by atoms with van der Waals surface area (Å²) in [5.41, 5.74) is 0. The highest BCUT2D eigenvalue weighted by atomic mass is 16.5. The molecule has 2 heterocycles. The molecule has 2 rings (SSSR count). The molecule has 0 amide bonds. The van der Waals surface area contributed by atoms with Gasteiger partial charge in [-0.3, -0.25) is 0 Å². The van der Waals surface area contributed by atoms with Crippen LogP contribution in [0.1, 0.15) is 0 Å². The van der Waals surface area contributed by atoms with E-state index in [1.54, 1.807) is 13.2 Å². The molecule has 1 N–H and O–H groups in total. The summed E-state index contributed by atoms with van der Waals surface area (Å²) in [5.74, 6) is 1.59. The van der Waals surface area contributed by atoms with E-state index >= 15 is 0 Å². The zero-order valence-corrected chi connectivity index (χ0v) is 9.30. The number of ether oxygens (including phenoxy) is 1. The Hall–Kier alpha value is -2.18. The summed E-state index contributed by atoms with van der Waals surface area (Å²) in [6, 6.07) is 0.261. The summed E-state index contributed by atoms with van der Waals surface area (Å²) in [4.78, 5) is 16.5. The van der Waals surface area contributed by atoms with Crippen molar-refractivity contribution < 1.29 is 4.74 Å². The molecule has 0 aromatic carbocycles. The Kier molecular flexibility index (Phi) is 2.67. The van der Waals surface area contributed by atoms with Crippen LogP contribution in [0.4, 0.5) is 5.95 Å². The van der Waals surface area contributed by atoms with E-state index in [1.165, 1.54) is 7.11 Å². The summed E-state index contributed by atoms with van der Waals surface area (Å²) in [7, 11) is 5.12. The minimum atomic E-state index is 0.261. The van der Waals surface area contributed by atoms with Gasteiger partial charge in [0, 0.05) is 26.5 Å². The van der Waals surface area contributed by atoms with Gasteiger partial charge in [-0.25, -0.2) is 4.98 Å². The average Bonchev–Trinajstić information content (AvgIpc) is 2.74. The van der Waals surface area contributed by atoms with Crippen molar-refractivity contribution in [2.24, 2.45) is 7.05 Å². The van der Waals surface area contributed by atoms with Crippen LogP contribution in [0.5, 0.6) is 6.01 Å². The Balaban J connectivity index is 2.52. The number of nitrogens with one attached hydrogen (secondary N) is 1. The van der Waals surface area contributed by atoms with Gasteiger partial charge >= 0.3 is 6.01 Å². The van der Waals surface area contributed by atoms with Gasteiger partial charge in [0.05, 0.1) is 7.11 Å². The van der Waals surface area contributed by atoms with Gasteiger partial charge in [-0.1, -0.05) is 0 Å². The highest BCUT2D eigenvalue weighted by Crippen LogP contribution is 2.15. The molecule has 2 aromatic heterocycles. The minimum Gasteiger partial charge on any atom is -0.467 e. The number of nitrogens with zero attached hydrogens (tertiary/aromatic N) is 5. The van der Waals surface area contributed by atoms with Gasteiger partial charge in [-0.15, -0.1) is 0 Å². The van der Waals surface area contributed by atoms with Crippen molar-refractivity contribution in [3.63, 3.8) is 0 Å². The second-order valence-corrected chi connectivity index (χ2v) is 3.08. The van der Waals surface area contributed by atoms with Crippen LogP contribution in [0, 0.1) is 0 Å². The van der Waals surface area contributed by atoms with Crippen LogP contribution in [-0.4, -0.2) is 38.7 Å². The lowest BCUT2D eigenvalue weighted by Crippen LogP contribution is -2.05. The van der Waals surface area contributed by atoms with Crippen LogP contribution in [0.25, 0.3) is 11.6 Å². The number of aromatic nitrogens is 5. The van der Waals surface area contributed by atoms with Crippen LogP contribution in [0.3, 0.4) is 0 Å². The minimum absolute atomic E-state index is 0.261. The predicted octanol–water partition coefficient (Wildman–Crippen LogP) is 0.322. The summed E-state index contributed by atoms with van der Waals surface area (Å²) in [6.45, 7) is 0. The third kappa shape index (κ3) is 1.79. The Bertz CT molecular complexity index is 472. The van der Waals surface area contributed by atoms with Gasteiger partial charge in [0.2, 0.25) is 11.8 Å². The molecule has 0 radical (unpaired) electrons. The molecule has 16 heavy (non-hydrogen) atoms. The molecule has 0 saturated heterocycles. The fraction of sp³-hybridized carbons (Fsp3) is 0.333. The number of hydrogen-bond donors (Lipinski definition) is 1. The maximum atomic E-state index is 5.00. The van der Waals surface area contributed by atoms with Gasteiger partial charge in [0.25, 0.3) is 0 Å². The second kappa shape index (κ2) is 4.13. The molecule has 0 saturated carbocycles. The molecule has 7 heteroatoms. The van der Waals surface area contributed by atoms with Crippen LogP contribution < -0.4 is 10.1 Å². The molecule has 84 valence electrons. The fourth-order valence-corrected chi connectivity index (χ4v) is 1.24. The summed E-state index contributed by atoms with van der Waals surface area (Å²) in [6.07, 6.45) is 3.51. The molecule has 2 aromatic rings. The monoisotopic (exact) mass is 220 g/mol. The Morgan fingerprint density at radius 3 is 2.69 bits per heavy atom. The van der Waals surface area contributed by atoms with Crippen molar-refractivity contribution in [1.82, 2.24) is 24.5 Å². The molecule has 0 atom stereocenters. The van der Waals surface area contributed by atoms with Crippen LogP contribution in [-0.2, 0) is 7.05 Å². The average molecular weight is 220 g/mol. The van der Waals surface area contributed by atoms with Gasteiger partial charge in [-0.05, 0) is 0 Å². The van der Waals surface area contributed by atoms with E-state index in [0.29, 0.717) is 17.6 Å². The van der Waals surface area contributed by atoms with Crippen molar-refractivity contribution in [1.29, 1.82) is 0 Å². The first kappa shape index (κ1) is 10.3. The van der Waals surface area contributed by atoms with Crippen molar-refractivity contribution in [3.05, 3.63) is 12.4 Å². The van der Waals surface area contributed by atoms with Crippen LogP contribution in [0.2, 0.25) is 0 Å². The molecule has 0 unspecified atom stereocenters. The second-order valence-electron chi connectivity index (χ2n) is 3.08. The third-order valence-corrected chi connectivity index (χ3v) is 2.04. The van der Waals surface area contributed by atoms with E-state index in [2.05, 4.69) is 25.3 Å². The van der Waals surface area contributed by atoms with Crippen LogP contribution >= 0.6 is 0 Å². The first-order valence-corrected chi connectivity index (χ1v) is 4.70. The first-order valence-electron chi connectivity index (χ1n) is 4.70. The van der Waals surface area contributed by atoms with Gasteiger partial charge in [0.15, 0.2) is 5.82 Å². The topological polar surface area (TPSA) is 77.8 Å². The maximum absolute atomic E-state index is 5.00. The van der Waals surface area contributed by atoms with Gasteiger partial charge < -0.3 is 14.6 Å². The zero-order valence-electron chi connectivity index (χ0n) is 9.30. The number of anilines is 1. The first-order chi connectivity index (χ1) is 7.74. The predicted molar refractivity (Wildman–Crippen MR) is 58.1 cm³/mol. The lowest BCUT2D eigenvalue weighted by Gasteiger charge is -2.05. The van der Waals surface area contributed by atoms with E-state index in [1.807, 2.05) is 17.8 Å². The molecular weight excluding hydrogens is 208 g/mol. The summed E-state index contributed by atoms with van der Waals surface area (Å²) < 4.78 is 6.82. The number of methoxy groups -OCH3 is 1. The quantitative estimate of drug-likeness (QED) is 0.802. The van der Waals surface area contributed by atoms with Gasteiger partial charge in [-0.2, -0.15) is 15.0 Å². The molecule has 0 aliphatic carbocycles. The Morgan fingerprint density at radius 1 is 1.31 bits per heavy atom. The number of rotatable bonds is 3. The number of aryl methyl sites for hydroxylation is 1.